The first-order valence-electron chi connectivity index (χ1n) is 18.9. The normalized spacial score (nSPS) is 15.8. The fourth-order valence-electron chi connectivity index (χ4n) is 7.47. The van der Waals surface area contributed by atoms with Gasteiger partial charge >= 0.3 is 11.9 Å². The number of ketones is 1. The number of benzene rings is 2. The van der Waals surface area contributed by atoms with Crippen LogP contribution in [0.5, 0.6) is 0 Å². The second-order valence-electron chi connectivity index (χ2n) is 14.5. The summed E-state index contributed by atoms with van der Waals surface area (Å²) in [5, 5.41) is 29.8. The monoisotopic (exact) mass is 871 g/mol. The second-order valence-corrected chi connectivity index (χ2v) is 16.6. The Hall–Kier alpha value is -3.68. The van der Waals surface area contributed by atoms with Crippen LogP contribution in [-0.4, -0.2) is 82.3 Å². The fraction of sp³-hybridized carbons (Fsp3) is 0.463. The number of hydrogen-bond donors (Lipinski definition) is 5. The largest absolute Gasteiger partial charge is 0.480 e. The highest BCUT2D eigenvalue weighted by Gasteiger charge is 2.31. The summed E-state index contributed by atoms with van der Waals surface area (Å²) in [5.41, 5.74) is 6.53. The highest BCUT2D eigenvalue weighted by atomic mass is 32.1. The average molecular weight is 872 g/mol. The maximum atomic E-state index is 13.6. The summed E-state index contributed by atoms with van der Waals surface area (Å²) in [4.78, 5) is 61.8. The number of ether oxygens (including phenoxy) is 2. The van der Waals surface area contributed by atoms with Crippen molar-refractivity contribution < 1.29 is 38.9 Å². The van der Waals surface area contributed by atoms with Crippen LogP contribution in [0.3, 0.4) is 0 Å². The van der Waals surface area contributed by atoms with Crippen molar-refractivity contribution in [2.24, 2.45) is 11.8 Å². The Morgan fingerprint density at radius 1 is 0.707 bits per heavy atom. The van der Waals surface area contributed by atoms with Crippen molar-refractivity contribution in [1.82, 2.24) is 20.6 Å². The number of amides is 1. The quantitative estimate of drug-likeness (QED) is 0.0788. The topological polar surface area (TPSA) is 189 Å². The first-order valence-corrected chi connectivity index (χ1v) is 20.6. The summed E-state index contributed by atoms with van der Waals surface area (Å²) in [7, 11) is 0. The summed E-state index contributed by atoms with van der Waals surface area (Å²) >= 11 is 2.54. The molecule has 1 amide bonds. The van der Waals surface area contributed by atoms with Crippen molar-refractivity contribution in [2.45, 2.75) is 85.0 Å². The molecule has 0 spiro atoms. The minimum atomic E-state index is -0.896. The van der Waals surface area contributed by atoms with Gasteiger partial charge in [-0.25, -0.2) is 9.97 Å². The summed E-state index contributed by atoms with van der Waals surface area (Å²) in [6.45, 7) is 10.4. The van der Waals surface area contributed by atoms with Crippen molar-refractivity contribution in [3.05, 3.63) is 84.2 Å². The third kappa shape index (κ3) is 11.3. The lowest BCUT2D eigenvalue weighted by Crippen LogP contribution is -2.44. The molecule has 0 saturated carbocycles. The van der Waals surface area contributed by atoms with E-state index in [0.29, 0.717) is 87.3 Å². The van der Waals surface area contributed by atoms with Crippen LogP contribution >= 0.6 is 49.7 Å². The maximum absolute atomic E-state index is 13.6. The third-order valence-electron chi connectivity index (χ3n) is 10.9. The Morgan fingerprint density at radius 2 is 1.17 bits per heavy atom. The van der Waals surface area contributed by atoms with E-state index in [-0.39, 0.29) is 61.9 Å². The Balaban J connectivity index is 0.00000372. The van der Waals surface area contributed by atoms with Crippen molar-refractivity contribution in [2.75, 3.05) is 31.7 Å². The van der Waals surface area contributed by atoms with Crippen molar-refractivity contribution in [3.63, 3.8) is 0 Å². The molecule has 0 bridgehead atoms. The lowest BCUT2D eigenvalue weighted by molar-refractivity contribution is -0.143. The zero-order chi connectivity index (χ0) is 39.9. The lowest BCUT2D eigenvalue weighted by Gasteiger charge is -2.28. The van der Waals surface area contributed by atoms with E-state index in [1.54, 1.807) is 0 Å². The van der Waals surface area contributed by atoms with Crippen LogP contribution < -0.4 is 16.0 Å². The van der Waals surface area contributed by atoms with Crippen LogP contribution in [0.15, 0.2) is 36.4 Å². The van der Waals surface area contributed by atoms with Gasteiger partial charge in [-0.05, 0) is 99.1 Å². The molecule has 4 heterocycles. The predicted octanol–water partition coefficient (Wildman–Crippen LogP) is 6.34. The third-order valence-corrected chi connectivity index (χ3v) is 13.2. The number of aromatic nitrogens is 2. The van der Waals surface area contributed by atoms with E-state index in [2.05, 4.69) is 25.9 Å². The highest BCUT2D eigenvalue weighted by Crippen LogP contribution is 2.34. The summed E-state index contributed by atoms with van der Waals surface area (Å²) < 4.78 is 10.8. The van der Waals surface area contributed by atoms with Crippen molar-refractivity contribution in [3.8, 4) is 11.1 Å². The Bertz CT molecular complexity index is 1930. The molecule has 2 aliphatic heterocycles. The van der Waals surface area contributed by atoms with Gasteiger partial charge in [-0.1, -0.05) is 30.3 Å². The van der Waals surface area contributed by atoms with E-state index in [0.717, 1.165) is 37.6 Å². The van der Waals surface area contributed by atoms with Crippen LogP contribution in [0.25, 0.3) is 11.1 Å². The standard InChI is InChI=1S/C41H49N5O8S2.2H2S/c1-22-28(19-32(47)38-44-24(3)33(55-38)20-42-35(40(49)50)26-11-15-53-16-12-26)7-5-8-29(22)30-9-6-10-31(23(30)2)46-37(48)39-45-25(4)34(56-39)21-43-36(41(51)52)27-13-17-54-18-14-27;;/h5-10,26-27,35-36,42-43H,11-21H2,1-4H3,(H,46,48)(H,49,50)(H,51,52);2*1H2/t35-,36-;;/m0../s1. The van der Waals surface area contributed by atoms with Gasteiger partial charge in [0.25, 0.3) is 5.91 Å². The number of carboxylic acids is 2. The summed E-state index contributed by atoms with van der Waals surface area (Å²) in [6.07, 6.45) is 2.89. The number of aryl methyl sites for hydroxylation is 2. The Labute approximate surface area is 360 Å². The Morgan fingerprint density at radius 3 is 1.69 bits per heavy atom. The van der Waals surface area contributed by atoms with Gasteiger partial charge in [-0.15, -0.1) is 22.7 Å². The molecule has 4 aromatic rings. The van der Waals surface area contributed by atoms with Gasteiger partial charge in [0.1, 0.15) is 12.1 Å². The number of carboxylic acid groups (broad SMARTS) is 2. The van der Waals surface area contributed by atoms with Crippen LogP contribution in [0.1, 0.15) is 83.1 Å². The zero-order valence-electron chi connectivity index (χ0n) is 33.1. The smallest absolute Gasteiger partial charge is 0.320 e. The molecular weight excluding hydrogens is 819 g/mol. The second kappa shape index (κ2) is 21.5. The summed E-state index contributed by atoms with van der Waals surface area (Å²) in [5.74, 6) is -2.29. The van der Waals surface area contributed by atoms with Crippen LogP contribution in [0.4, 0.5) is 5.69 Å². The van der Waals surface area contributed by atoms with Gasteiger partial charge in [0.05, 0.1) is 11.4 Å². The molecule has 2 aromatic heterocycles. The van der Waals surface area contributed by atoms with Gasteiger partial charge < -0.3 is 25.0 Å². The van der Waals surface area contributed by atoms with Crippen molar-refractivity contribution in [1.29, 1.82) is 0 Å². The van der Waals surface area contributed by atoms with Crippen LogP contribution in [0, 0.1) is 39.5 Å². The molecule has 2 atom stereocenters. The molecule has 314 valence electrons. The number of Topliss-reactive ketones (excluding diaryl/α,β-unsaturated/α-hetero) is 1. The molecule has 0 radical (unpaired) electrons. The number of anilines is 1. The van der Waals surface area contributed by atoms with Gasteiger partial charge in [0, 0.05) is 61.4 Å². The molecule has 13 nitrogen and oxygen atoms in total. The maximum Gasteiger partial charge on any atom is 0.320 e. The van der Waals surface area contributed by atoms with Crippen LogP contribution in [0.2, 0.25) is 0 Å². The van der Waals surface area contributed by atoms with E-state index >= 15 is 0 Å². The predicted molar refractivity (Wildman–Crippen MR) is 235 cm³/mol. The zero-order valence-corrected chi connectivity index (χ0v) is 36.7. The minimum Gasteiger partial charge on any atom is -0.480 e. The first kappa shape index (κ1) is 47.0. The molecule has 58 heavy (non-hydrogen) atoms. The molecule has 0 unspecified atom stereocenters. The number of nitrogens with zero attached hydrogens (tertiary/aromatic N) is 2. The van der Waals surface area contributed by atoms with Gasteiger partial charge in [-0.3, -0.25) is 29.8 Å². The molecule has 2 fully saturated rings. The highest BCUT2D eigenvalue weighted by molar-refractivity contribution is 7.59. The molecule has 2 saturated heterocycles. The minimum absolute atomic E-state index is 0. The number of hydrogen-bond acceptors (Lipinski definition) is 12. The molecule has 2 aromatic carbocycles. The molecule has 17 heteroatoms. The molecule has 0 aliphatic carbocycles. The first-order chi connectivity index (χ1) is 26.9. The average Bonchev–Trinajstić information content (AvgIpc) is 3.75. The van der Waals surface area contributed by atoms with E-state index < -0.39 is 24.0 Å². The van der Waals surface area contributed by atoms with E-state index in [9.17, 15) is 29.4 Å². The number of nitrogens with one attached hydrogen (secondary N) is 3. The van der Waals surface area contributed by atoms with E-state index in [1.807, 2.05) is 64.1 Å². The summed E-state index contributed by atoms with van der Waals surface area (Å²) in [6, 6.07) is 10.2. The molecule has 6 rings (SSSR count). The fourth-order valence-corrected chi connectivity index (χ4v) is 9.33. The van der Waals surface area contributed by atoms with Gasteiger partial charge in [-0.2, -0.15) is 27.0 Å². The number of rotatable bonds is 16. The number of thiazole rings is 2. The number of carbonyl (C=O) groups excluding carboxylic acids is 2. The SMILES string of the molecule is Cc1nc(C(=O)Cc2cccc(-c3cccc(NC(=O)c4nc(C)c(CN[C@H](C(=O)O)C5CCOCC5)s4)c3C)c2C)sc1CN[C@H](C(=O)O)C1CCOCC1.S.S. The Kier molecular flexibility index (Phi) is 17.5. The molecular formula is C41H53N5O8S4. The van der Waals surface area contributed by atoms with Crippen LogP contribution in [-0.2, 0) is 38.6 Å². The number of aliphatic carboxylic acids is 2. The van der Waals surface area contributed by atoms with Gasteiger partial charge in [0.2, 0.25) is 0 Å². The number of carbonyl (C=O) groups is 4. The van der Waals surface area contributed by atoms with E-state index in [1.165, 1.54) is 22.7 Å². The molecule has 5 N–H and O–H groups in total. The van der Waals surface area contributed by atoms with Crippen molar-refractivity contribution >= 4 is 79.0 Å². The molecule has 2 aliphatic rings. The van der Waals surface area contributed by atoms with E-state index in [4.69, 9.17) is 9.47 Å². The lowest BCUT2D eigenvalue weighted by atomic mass is 9.91. The van der Waals surface area contributed by atoms with Gasteiger partial charge in [0.15, 0.2) is 15.8 Å².